The fourth-order valence-corrected chi connectivity index (χ4v) is 5.53. The van der Waals surface area contributed by atoms with Crippen LogP contribution in [-0.4, -0.2) is 11.3 Å². The van der Waals surface area contributed by atoms with Crippen LogP contribution in [0.25, 0.3) is 22.3 Å². The molecule has 0 heterocycles. The number of phenolic OH excluding ortho intramolecular Hbond substituents is 1. The molecule has 10 heteroatoms. The van der Waals surface area contributed by atoms with E-state index in [1.54, 1.807) is 30.3 Å². The third-order valence-corrected chi connectivity index (χ3v) is 6.92. The summed E-state index contributed by atoms with van der Waals surface area (Å²) >= 11 is 4.07. The first kappa shape index (κ1) is 27.4. The van der Waals surface area contributed by atoms with Crippen LogP contribution in [0.2, 0.25) is 0 Å². The van der Waals surface area contributed by atoms with E-state index in [4.69, 9.17) is 0 Å². The van der Waals surface area contributed by atoms with Crippen molar-refractivity contribution in [3.05, 3.63) is 103 Å². The normalized spacial score (nSPS) is 12.3. The van der Waals surface area contributed by atoms with E-state index in [-0.39, 0.29) is 5.75 Å². The van der Waals surface area contributed by atoms with Crippen LogP contribution in [0.3, 0.4) is 0 Å². The smallest absolute Gasteiger partial charge is 0.416 e. The standard InChI is InChI=1S/C27H15F6I2NO/c28-26(29,30)18-8-4-15(5-9-18)21-2-1-3-22(16-6-10-19(11-7-16)27(31,32)33)24(21)36-14-17-12-20(34)13-23(35)25(17)37/h1-14,37H. The molecule has 0 bridgehead atoms. The number of rotatable bonds is 4. The number of para-hydroxylation sites is 1. The second-order valence-corrected chi connectivity index (χ2v) is 10.3. The van der Waals surface area contributed by atoms with Crippen LogP contribution in [0.4, 0.5) is 32.0 Å². The Morgan fingerprint density at radius 3 is 1.57 bits per heavy atom. The topological polar surface area (TPSA) is 32.6 Å². The third-order valence-electron chi connectivity index (χ3n) is 5.47. The highest BCUT2D eigenvalue weighted by atomic mass is 127. The fraction of sp³-hybridized carbons (Fsp3) is 0.0741. The Morgan fingerprint density at radius 2 is 1.14 bits per heavy atom. The van der Waals surface area contributed by atoms with Gasteiger partial charge in [0.25, 0.3) is 0 Å². The Balaban J connectivity index is 1.89. The maximum absolute atomic E-state index is 13.1. The second-order valence-electron chi connectivity index (χ2n) is 7.94. The zero-order valence-corrected chi connectivity index (χ0v) is 22.8. The molecule has 4 rings (SSSR count). The van der Waals surface area contributed by atoms with Gasteiger partial charge in [0.05, 0.1) is 20.4 Å². The van der Waals surface area contributed by atoms with Crippen molar-refractivity contribution in [3.8, 4) is 28.0 Å². The van der Waals surface area contributed by atoms with E-state index in [1.807, 2.05) is 22.6 Å². The number of halogens is 8. The number of aliphatic imine (C=N–C) groups is 1. The molecular weight excluding hydrogens is 722 g/mol. The number of alkyl halides is 6. The number of nitrogens with zero attached hydrogens (tertiary/aromatic N) is 1. The minimum atomic E-state index is -4.50. The highest BCUT2D eigenvalue weighted by Gasteiger charge is 2.31. The molecular formula is C27H15F6I2NO. The van der Waals surface area contributed by atoms with Crippen molar-refractivity contribution in [3.63, 3.8) is 0 Å². The van der Waals surface area contributed by atoms with Gasteiger partial charge in [0, 0.05) is 26.5 Å². The van der Waals surface area contributed by atoms with Crippen LogP contribution in [-0.2, 0) is 12.4 Å². The predicted octanol–water partition coefficient (Wildman–Crippen LogP) is 9.72. The van der Waals surface area contributed by atoms with Crippen molar-refractivity contribution < 1.29 is 31.4 Å². The lowest BCUT2D eigenvalue weighted by Crippen LogP contribution is -2.04. The first-order valence-electron chi connectivity index (χ1n) is 10.5. The lowest BCUT2D eigenvalue weighted by Gasteiger charge is -2.14. The zero-order valence-electron chi connectivity index (χ0n) is 18.5. The van der Waals surface area contributed by atoms with Crippen LogP contribution >= 0.6 is 45.2 Å². The van der Waals surface area contributed by atoms with Crippen LogP contribution < -0.4 is 0 Å². The summed E-state index contributed by atoms with van der Waals surface area (Å²) in [6.45, 7) is 0. The molecule has 0 aliphatic rings. The van der Waals surface area contributed by atoms with E-state index < -0.39 is 23.5 Å². The van der Waals surface area contributed by atoms with Crippen molar-refractivity contribution in [1.29, 1.82) is 0 Å². The molecule has 0 radical (unpaired) electrons. The second kappa shape index (κ2) is 10.6. The van der Waals surface area contributed by atoms with E-state index >= 15 is 0 Å². The van der Waals surface area contributed by atoms with Gasteiger partial charge in [-0.15, -0.1) is 0 Å². The number of phenols is 1. The summed E-state index contributed by atoms with van der Waals surface area (Å²) in [4.78, 5) is 4.58. The number of benzene rings is 4. The number of hydrogen-bond acceptors (Lipinski definition) is 2. The first-order chi connectivity index (χ1) is 17.3. The Bertz CT molecular complexity index is 1390. The Kier molecular flexibility index (Phi) is 7.88. The maximum Gasteiger partial charge on any atom is 0.416 e. The molecule has 0 unspecified atom stereocenters. The average Bonchev–Trinajstić information content (AvgIpc) is 2.84. The van der Waals surface area contributed by atoms with E-state index in [0.717, 1.165) is 27.8 Å². The molecule has 0 amide bonds. The van der Waals surface area contributed by atoms with Gasteiger partial charge >= 0.3 is 12.4 Å². The van der Waals surface area contributed by atoms with Crippen molar-refractivity contribution in [2.45, 2.75) is 12.4 Å². The molecule has 0 saturated carbocycles. The number of hydrogen-bond donors (Lipinski definition) is 1. The molecule has 2 nitrogen and oxygen atoms in total. The van der Waals surface area contributed by atoms with E-state index in [0.29, 0.717) is 37.1 Å². The summed E-state index contributed by atoms with van der Waals surface area (Å²) in [6.07, 6.45) is -7.57. The molecule has 1 N–H and O–H groups in total. The zero-order chi connectivity index (χ0) is 27.0. The first-order valence-corrected chi connectivity index (χ1v) is 12.7. The SMILES string of the molecule is Oc1c(I)cc(I)cc1C=Nc1c(-c2ccc(C(F)(F)F)cc2)cccc1-c1ccc(C(F)(F)F)cc1. The van der Waals surface area contributed by atoms with Gasteiger partial charge in [-0.3, -0.25) is 4.99 Å². The van der Waals surface area contributed by atoms with Gasteiger partial charge in [-0.25, -0.2) is 0 Å². The number of aromatic hydroxyl groups is 1. The summed E-state index contributed by atoms with van der Waals surface area (Å²) in [7, 11) is 0. The predicted molar refractivity (Wildman–Crippen MR) is 148 cm³/mol. The molecule has 4 aromatic carbocycles. The molecule has 4 aromatic rings. The molecule has 0 spiro atoms. The van der Waals surface area contributed by atoms with Gasteiger partial charge in [0.15, 0.2) is 0 Å². The monoisotopic (exact) mass is 737 g/mol. The van der Waals surface area contributed by atoms with E-state index in [9.17, 15) is 31.4 Å². The lowest BCUT2D eigenvalue weighted by atomic mass is 9.95. The average molecular weight is 737 g/mol. The third kappa shape index (κ3) is 6.28. The highest BCUT2D eigenvalue weighted by Crippen LogP contribution is 2.41. The van der Waals surface area contributed by atoms with Crippen molar-refractivity contribution >= 4 is 57.1 Å². The summed E-state index contributed by atoms with van der Waals surface area (Å²) in [6, 6.07) is 17.6. The Morgan fingerprint density at radius 1 is 0.676 bits per heavy atom. The molecule has 0 fully saturated rings. The summed E-state index contributed by atoms with van der Waals surface area (Å²) < 4.78 is 80.0. The largest absolute Gasteiger partial charge is 0.506 e. The van der Waals surface area contributed by atoms with E-state index in [2.05, 4.69) is 27.6 Å². The Hall–Kier alpha value is -2.61. The summed E-state index contributed by atoms with van der Waals surface area (Å²) in [5.41, 5.74) is 0.958. The van der Waals surface area contributed by atoms with Gasteiger partial charge in [-0.2, -0.15) is 26.3 Å². The van der Waals surface area contributed by atoms with Gasteiger partial charge in [-0.1, -0.05) is 42.5 Å². The maximum atomic E-state index is 13.1. The highest BCUT2D eigenvalue weighted by molar-refractivity contribution is 14.1. The van der Waals surface area contributed by atoms with Crippen molar-refractivity contribution in [2.75, 3.05) is 0 Å². The molecule has 37 heavy (non-hydrogen) atoms. The van der Waals surface area contributed by atoms with Gasteiger partial charge in [0.2, 0.25) is 0 Å². The van der Waals surface area contributed by atoms with Crippen LogP contribution in [0.15, 0.2) is 83.9 Å². The van der Waals surface area contributed by atoms with Crippen molar-refractivity contribution in [2.24, 2.45) is 4.99 Å². The lowest BCUT2D eigenvalue weighted by molar-refractivity contribution is -0.138. The quantitative estimate of drug-likeness (QED) is 0.126. The molecule has 0 aliphatic carbocycles. The summed E-state index contributed by atoms with van der Waals surface area (Å²) in [5.74, 6) is 0.00728. The molecule has 0 saturated heterocycles. The molecule has 0 aromatic heterocycles. The van der Waals surface area contributed by atoms with Gasteiger partial charge < -0.3 is 5.11 Å². The molecule has 190 valence electrons. The van der Waals surface area contributed by atoms with Gasteiger partial charge in [0.1, 0.15) is 5.75 Å². The summed E-state index contributed by atoms with van der Waals surface area (Å²) in [5, 5.41) is 10.5. The Labute approximate surface area is 235 Å². The van der Waals surface area contributed by atoms with Crippen LogP contribution in [0.1, 0.15) is 16.7 Å². The van der Waals surface area contributed by atoms with E-state index in [1.165, 1.54) is 30.5 Å². The fourth-order valence-electron chi connectivity index (χ4n) is 3.64. The van der Waals surface area contributed by atoms with Crippen LogP contribution in [0.5, 0.6) is 5.75 Å². The van der Waals surface area contributed by atoms with Crippen molar-refractivity contribution in [1.82, 2.24) is 0 Å². The minimum Gasteiger partial charge on any atom is -0.506 e. The molecule has 0 atom stereocenters. The molecule has 0 aliphatic heterocycles. The minimum absolute atomic E-state index is 0.00728. The van der Waals surface area contributed by atoms with Gasteiger partial charge in [-0.05, 0) is 92.7 Å². The van der Waals surface area contributed by atoms with Crippen LogP contribution in [0, 0.1) is 7.14 Å².